The minimum absolute atomic E-state index is 0.178. The second kappa shape index (κ2) is 10.9. The number of thioether (sulfide) groups is 1. The van der Waals surface area contributed by atoms with Crippen molar-refractivity contribution < 1.29 is 0 Å². The third-order valence-electron chi connectivity index (χ3n) is 3.16. The molecule has 0 aromatic heterocycles. The van der Waals surface area contributed by atoms with Gasteiger partial charge in [-0.25, -0.2) is 0 Å². The van der Waals surface area contributed by atoms with Crippen molar-refractivity contribution in [3.05, 3.63) is 35.9 Å². The molecular weight excluding hydrogens is 252 g/mol. The van der Waals surface area contributed by atoms with E-state index in [-0.39, 0.29) is 6.04 Å². The summed E-state index contributed by atoms with van der Waals surface area (Å²) in [6, 6.07) is 12.7. The number of rotatable bonds is 10. The number of hydrogen-bond donors (Lipinski definition) is 1. The highest BCUT2D eigenvalue weighted by molar-refractivity contribution is 7.98. The highest BCUT2D eigenvalue weighted by Gasteiger charge is 2.09. The van der Waals surface area contributed by atoms with Gasteiger partial charge in [0.25, 0.3) is 0 Å². The quantitative estimate of drug-likeness (QED) is 0.652. The van der Waals surface area contributed by atoms with Crippen molar-refractivity contribution in [1.82, 2.24) is 5.32 Å². The molecule has 0 amide bonds. The Hall–Kier alpha value is -0.980. The molecule has 0 saturated heterocycles. The van der Waals surface area contributed by atoms with Crippen LogP contribution >= 0.6 is 11.8 Å². The highest BCUT2D eigenvalue weighted by atomic mass is 32.2. The Morgan fingerprint density at radius 3 is 2.58 bits per heavy atom. The van der Waals surface area contributed by atoms with Gasteiger partial charge in [0, 0.05) is 6.04 Å². The number of nitrogens with zero attached hydrogens (tertiary/aromatic N) is 1. The van der Waals surface area contributed by atoms with Gasteiger partial charge in [-0.2, -0.15) is 17.0 Å². The normalized spacial score (nSPS) is 12.0. The van der Waals surface area contributed by atoms with Crippen LogP contribution in [0, 0.1) is 11.3 Å². The van der Waals surface area contributed by atoms with Crippen LogP contribution in [-0.4, -0.2) is 18.6 Å². The molecule has 104 valence electrons. The van der Waals surface area contributed by atoms with Gasteiger partial charge in [0.2, 0.25) is 0 Å². The number of nitrogens with one attached hydrogen (secondary N) is 1. The molecule has 2 nitrogen and oxygen atoms in total. The first-order valence-corrected chi connectivity index (χ1v) is 8.42. The molecule has 0 spiro atoms. The molecule has 3 heteroatoms. The van der Waals surface area contributed by atoms with Gasteiger partial charge in [0.15, 0.2) is 0 Å². The van der Waals surface area contributed by atoms with Crippen molar-refractivity contribution in [1.29, 1.82) is 5.26 Å². The van der Waals surface area contributed by atoms with Gasteiger partial charge in [0.05, 0.1) is 12.5 Å². The summed E-state index contributed by atoms with van der Waals surface area (Å²) in [4.78, 5) is 0. The third-order valence-corrected chi connectivity index (χ3v) is 3.86. The first-order chi connectivity index (χ1) is 9.38. The topological polar surface area (TPSA) is 35.8 Å². The molecule has 0 heterocycles. The maximum absolute atomic E-state index is 8.91. The zero-order chi connectivity index (χ0) is 13.8. The maximum atomic E-state index is 8.91. The van der Waals surface area contributed by atoms with E-state index < -0.39 is 0 Å². The highest BCUT2D eigenvalue weighted by Crippen LogP contribution is 2.16. The molecule has 1 atom stereocenters. The first-order valence-electron chi connectivity index (χ1n) is 7.02. The van der Waals surface area contributed by atoms with E-state index in [1.807, 2.05) is 30.0 Å². The lowest BCUT2D eigenvalue weighted by atomic mass is 10.0. The van der Waals surface area contributed by atoms with Crippen molar-refractivity contribution in [3.8, 4) is 6.07 Å². The van der Waals surface area contributed by atoms with Gasteiger partial charge in [-0.1, -0.05) is 43.2 Å². The lowest BCUT2D eigenvalue weighted by molar-refractivity contribution is 0.515. The summed E-state index contributed by atoms with van der Waals surface area (Å²) in [6.45, 7) is 1.00. The van der Waals surface area contributed by atoms with Crippen LogP contribution in [0.4, 0.5) is 0 Å². The van der Waals surface area contributed by atoms with E-state index in [1.165, 1.54) is 37.0 Å². The van der Waals surface area contributed by atoms with Gasteiger partial charge < -0.3 is 5.32 Å². The molecule has 1 unspecified atom stereocenters. The standard InChI is InChI=1S/C16H24N2S/c1-19-14-8-3-2-7-13-18-16(11-12-17)15-9-5-4-6-10-15/h4-6,9-10,16,18H,2-3,7-8,11,13-14H2,1H3. The fraction of sp³-hybridized carbons (Fsp3) is 0.562. The molecule has 0 aliphatic carbocycles. The molecule has 1 rings (SSSR count). The number of hydrogen-bond acceptors (Lipinski definition) is 3. The van der Waals surface area contributed by atoms with E-state index in [4.69, 9.17) is 5.26 Å². The summed E-state index contributed by atoms with van der Waals surface area (Å²) in [5, 5.41) is 12.4. The van der Waals surface area contributed by atoms with Crippen LogP contribution < -0.4 is 5.32 Å². The van der Waals surface area contributed by atoms with E-state index in [2.05, 4.69) is 29.8 Å². The van der Waals surface area contributed by atoms with Crippen molar-refractivity contribution in [2.75, 3.05) is 18.6 Å². The first kappa shape index (κ1) is 16.1. The largest absolute Gasteiger partial charge is 0.309 e. The van der Waals surface area contributed by atoms with Gasteiger partial charge in [-0.05, 0) is 37.0 Å². The Morgan fingerprint density at radius 2 is 1.89 bits per heavy atom. The van der Waals surface area contributed by atoms with E-state index in [0.717, 1.165) is 6.54 Å². The Kier molecular flexibility index (Phi) is 9.22. The average Bonchev–Trinajstić information content (AvgIpc) is 2.46. The Bertz CT molecular complexity index is 359. The minimum Gasteiger partial charge on any atom is -0.309 e. The second-order valence-electron chi connectivity index (χ2n) is 4.69. The smallest absolute Gasteiger partial charge is 0.0641 e. The van der Waals surface area contributed by atoms with Crippen molar-refractivity contribution >= 4 is 11.8 Å². The molecule has 0 bridgehead atoms. The molecule has 19 heavy (non-hydrogen) atoms. The summed E-state index contributed by atoms with van der Waals surface area (Å²) in [6.07, 6.45) is 7.81. The molecule has 1 N–H and O–H groups in total. The summed E-state index contributed by atoms with van der Waals surface area (Å²) in [5.41, 5.74) is 1.21. The SMILES string of the molecule is CSCCCCCCNC(CC#N)c1ccccc1. The number of nitriles is 1. The Morgan fingerprint density at radius 1 is 1.16 bits per heavy atom. The van der Waals surface area contributed by atoms with Crippen molar-refractivity contribution in [2.45, 2.75) is 38.1 Å². The monoisotopic (exact) mass is 276 g/mol. The van der Waals surface area contributed by atoms with E-state index in [0.29, 0.717) is 6.42 Å². The molecule has 0 aliphatic heterocycles. The zero-order valence-corrected chi connectivity index (χ0v) is 12.6. The zero-order valence-electron chi connectivity index (χ0n) is 11.8. The molecule has 1 aromatic rings. The fourth-order valence-electron chi connectivity index (χ4n) is 2.09. The minimum atomic E-state index is 0.178. The lowest BCUT2D eigenvalue weighted by Crippen LogP contribution is -2.22. The van der Waals surface area contributed by atoms with Crippen LogP contribution in [0.25, 0.3) is 0 Å². The van der Waals surface area contributed by atoms with Crippen LogP contribution in [0.1, 0.15) is 43.7 Å². The van der Waals surface area contributed by atoms with Crippen LogP contribution in [0.5, 0.6) is 0 Å². The molecular formula is C16H24N2S. The molecule has 0 radical (unpaired) electrons. The molecule has 1 aromatic carbocycles. The summed E-state index contributed by atoms with van der Waals surface area (Å²) in [7, 11) is 0. The predicted molar refractivity (Wildman–Crippen MR) is 84.3 cm³/mol. The van der Waals surface area contributed by atoms with E-state index in [9.17, 15) is 0 Å². The summed E-state index contributed by atoms with van der Waals surface area (Å²) >= 11 is 1.92. The van der Waals surface area contributed by atoms with Crippen LogP contribution in [0.3, 0.4) is 0 Å². The maximum Gasteiger partial charge on any atom is 0.0641 e. The average molecular weight is 276 g/mol. The van der Waals surface area contributed by atoms with Gasteiger partial charge in [0.1, 0.15) is 0 Å². The molecule has 0 aliphatic rings. The Balaban J connectivity index is 2.22. The van der Waals surface area contributed by atoms with Crippen molar-refractivity contribution in [2.24, 2.45) is 0 Å². The summed E-state index contributed by atoms with van der Waals surface area (Å²) < 4.78 is 0. The fourth-order valence-corrected chi connectivity index (χ4v) is 2.58. The van der Waals surface area contributed by atoms with Gasteiger partial charge in [-0.3, -0.25) is 0 Å². The van der Waals surface area contributed by atoms with E-state index in [1.54, 1.807) is 0 Å². The van der Waals surface area contributed by atoms with Crippen LogP contribution in [0.2, 0.25) is 0 Å². The number of unbranched alkanes of at least 4 members (excludes halogenated alkanes) is 3. The Labute approximate surface area is 121 Å². The van der Waals surface area contributed by atoms with E-state index >= 15 is 0 Å². The van der Waals surface area contributed by atoms with Crippen LogP contribution in [-0.2, 0) is 0 Å². The lowest BCUT2D eigenvalue weighted by Gasteiger charge is -2.16. The van der Waals surface area contributed by atoms with Gasteiger partial charge >= 0.3 is 0 Å². The molecule has 0 saturated carbocycles. The number of benzene rings is 1. The van der Waals surface area contributed by atoms with Crippen LogP contribution in [0.15, 0.2) is 30.3 Å². The third kappa shape index (κ3) is 7.25. The predicted octanol–water partition coefficient (Wildman–Crippen LogP) is 4.15. The molecule has 0 fully saturated rings. The van der Waals surface area contributed by atoms with Crippen molar-refractivity contribution in [3.63, 3.8) is 0 Å². The van der Waals surface area contributed by atoms with Gasteiger partial charge in [-0.15, -0.1) is 0 Å². The summed E-state index contributed by atoms with van der Waals surface area (Å²) in [5.74, 6) is 1.27. The second-order valence-corrected chi connectivity index (χ2v) is 5.67.